The highest BCUT2D eigenvalue weighted by Gasteiger charge is 2.11. The van der Waals surface area contributed by atoms with Crippen molar-refractivity contribution in [1.29, 1.82) is 0 Å². The van der Waals surface area contributed by atoms with Gasteiger partial charge >= 0.3 is 5.97 Å². The highest BCUT2D eigenvalue weighted by atomic mass is 32.1. The van der Waals surface area contributed by atoms with Crippen molar-refractivity contribution in [3.8, 4) is 10.4 Å². The van der Waals surface area contributed by atoms with Crippen LogP contribution in [0, 0.1) is 0 Å². The van der Waals surface area contributed by atoms with E-state index in [-0.39, 0.29) is 0 Å². The van der Waals surface area contributed by atoms with Gasteiger partial charge in [-0.2, -0.15) is 0 Å². The molecule has 2 aromatic heterocycles. The average Bonchev–Trinajstić information content (AvgIpc) is 3.11. The Morgan fingerprint density at radius 2 is 1.76 bits per heavy atom. The molecule has 1 N–H and O–H groups in total. The first kappa shape index (κ1) is 12.2. The van der Waals surface area contributed by atoms with Gasteiger partial charge in [-0.1, -0.05) is 18.2 Å². The fourth-order valence-electron chi connectivity index (χ4n) is 2.49. The van der Waals surface area contributed by atoms with Crippen LogP contribution in [0.5, 0.6) is 0 Å². The molecule has 21 heavy (non-hydrogen) atoms. The standard InChI is InChI=1S/C17H10O3S/c18-17(19)16-8-7-15(21-16)10-5-6-14-12(9-10)11-3-1-2-4-13(11)20-14/h1-9H,(H,18,19). The Morgan fingerprint density at radius 1 is 0.952 bits per heavy atom. The Kier molecular flexibility index (Phi) is 2.59. The van der Waals surface area contributed by atoms with Gasteiger partial charge in [0.2, 0.25) is 0 Å². The summed E-state index contributed by atoms with van der Waals surface area (Å²) in [6, 6.07) is 17.3. The summed E-state index contributed by atoms with van der Waals surface area (Å²) in [5, 5.41) is 11.1. The molecule has 0 aliphatic rings. The maximum atomic E-state index is 11.0. The number of hydrogen-bond donors (Lipinski definition) is 1. The molecule has 2 heterocycles. The van der Waals surface area contributed by atoms with Gasteiger partial charge in [0.05, 0.1) is 0 Å². The van der Waals surface area contributed by atoms with Crippen LogP contribution in [0.15, 0.2) is 59.0 Å². The molecule has 0 aliphatic heterocycles. The predicted molar refractivity (Wildman–Crippen MR) is 84.0 cm³/mol. The van der Waals surface area contributed by atoms with Crippen LogP contribution in [0.2, 0.25) is 0 Å². The summed E-state index contributed by atoms with van der Waals surface area (Å²) in [6.45, 7) is 0. The van der Waals surface area contributed by atoms with Gasteiger partial charge < -0.3 is 9.52 Å². The number of hydrogen-bond acceptors (Lipinski definition) is 3. The second-order valence-electron chi connectivity index (χ2n) is 4.78. The van der Waals surface area contributed by atoms with Crippen LogP contribution in [0.4, 0.5) is 0 Å². The van der Waals surface area contributed by atoms with Crippen LogP contribution >= 0.6 is 11.3 Å². The van der Waals surface area contributed by atoms with Crippen LogP contribution < -0.4 is 0 Å². The maximum absolute atomic E-state index is 11.0. The van der Waals surface area contributed by atoms with E-state index in [1.807, 2.05) is 42.5 Å². The predicted octanol–water partition coefficient (Wildman–Crippen LogP) is 5.01. The Balaban J connectivity index is 1.92. The molecule has 102 valence electrons. The molecule has 0 bridgehead atoms. The van der Waals surface area contributed by atoms with Gasteiger partial charge in [-0.05, 0) is 42.0 Å². The number of fused-ring (bicyclic) bond motifs is 3. The van der Waals surface area contributed by atoms with E-state index in [4.69, 9.17) is 9.52 Å². The first-order chi connectivity index (χ1) is 10.2. The minimum absolute atomic E-state index is 0.349. The third-order valence-electron chi connectivity index (χ3n) is 3.48. The number of aromatic carboxylic acids is 1. The SMILES string of the molecule is O=C(O)c1ccc(-c2ccc3oc4ccccc4c3c2)s1. The van der Waals surface area contributed by atoms with Crippen molar-refractivity contribution in [1.82, 2.24) is 0 Å². The van der Waals surface area contributed by atoms with Crippen LogP contribution in [0.1, 0.15) is 9.67 Å². The van der Waals surface area contributed by atoms with Gasteiger partial charge in [0.25, 0.3) is 0 Å². The summed E-state index contributed by atoms with van der Waals surface area (Å²) in [4.78, 5) is 12.3. The molecule has 0 fully saturated rings. The smallest absolute Gasteiger partial charge is 0.345 e. The fraction of sp³-hybridized carbons (Fsp3) is 0. The summed E-state index contributed by atoms with van der Waals surface area (Å²) in [5.74, 6) is -0.888. The molecule has 0 unspecified atom stereocenters. The zero-order chi connectivity index (χ0) is 14.4. The van der Waals surface area contributed by atoms with Crippen molar-refractivity contribution < 1.29 is 14.3 Å². The number of thiophene rings is 1. The summed E-state index contributed by atoms with van der Waals surface area (Å²) in [7, 11) is 0. The van der Waals surface area contributed by atoms with Crippen LogP contribution in [-0.2, 0) is 0 Å². The molecule has 0 saturated heterocycles. The van der Waals surface area contributed by atoms with Crippen molar-refractivity contribution in [2.75, 3.05) is 0 Å². The van der Waals surface area contributed by atoms with E-state index in [2.05, 4.69) is 6.07 Å². The Labute approximate surface area is 124 Å². The lowest BCUT2D eigenvalue weighted by molar-refractivity contribution is 0.0702. The monoisotopic (exact) mass is 294 g/mol. The van der Waals surface area contributed by atoms with Crippen molar-refractivity contribution in [3.05, 3.63) is 59.5 Å². The number of rotatable bonds is 2. The van der Waals surface area contributed by atoms with Gasteiger partial charge in [0.1, 0.15) is 16.0 Å². The minimum atomic E-state index is -0.888. The number of carboxylic acid groups (broad SMARTS) is 1. The molecule has 0 atom stereocenters. The van der Waals surface area contributed by atoms with E-state index in [9.17, 15) is 4.79 Å². The molecule has 0 aliphatic carbocycles. The van der Waals surface area contributed by atoms with Crippen molar-refractivity contribution in [2.45, 2.75) is 0 Å². The molecule has 2 aromatic carbocycles. The third kappa shape index (κ3) is 1.92. The number of para-hydroxylation sites is 1. The first-order valence-electron chi connectivity index (χ1n) is 6.47. The summed E-state index contributed by atoms with van der Waals surface area (Å²) >= 11 is 1.28. The summed E-state index contributed by atoms with van der Waals surface area (Å²) in [5.41, 5.74) is 2.71. The molecule has 0 saturated carbocycles. The lowest BCUT2D eigenvalue weighted by atomic mass is 10.1. The summed E-state index contributed by atoms with van der Waals surface area (Å²) < 4.78 is 5.80. The van der Waals surface area contributed by atoms with Crippen molar-refractivity contribution in [3.63, 3.8) is 0 Å². The van der Waals surface area contributed by atoms with E-state index < -0.39 is 5.97 Å². The first-order valence-corrected chi connectivity index (χ1v) is 7.29. The van der Waals surface area contributed by atoms with Gasteiger partial charge in [-0.3, -0.25) is 0 Å². The lowest BCUT2D eigenvalue weighted by Gasteiger charge is -1.97. The molecule has 0 radical (unpaired) electrons. The molecular formula is C17H10O3S. The second-order valence-corrected chi connectivity index (χ2v) is 5.86. The van der Waals surface area contributed by atoms with Gasteiger partial charge in [-0.15, -0.1) is 11.3 Å². The molecule has 4 aromatic rings. The van der Waals surface area contributed by atoms with E-state index >= 15 is 0 Å². The van der Waals surface area contributed by atoms with Crippen LogP contribution in [-0.4, -0.2) is 11.1 Å². The normalized spacial score (nSPS) is 11.2. The zero-order valence-corrected chi connectivity index (χ0v) is 11.7. The molecule has 4 rings (SSSR count). The Morgan fingerprint density at radius 3 is 2.57 bits per heavy atom. The number of carbonyl (C=O) groups is 1. The third-order valence-corrected chi connectivity index (χ3v) is 4.60. The van der Waals surface area contributed by atoms with Gasteiger partial charge in [-0.25, -0.2) is 4.79 Å². The van der Waals surface area contributed by atoms with E-state index in [1.165, 1.54) is 11.3 Å². The molecule has 0 spiro atoms. The molecular weight excluding hydrogens is 284 g/mol. The Bertz CT molecular complexity index is 978. The van der Waals surface area contributed by atoms with Crippen LogP contribution in [0.25, 0.3) is 32.4 Å². The van der Waals surface area contributed by atoms with E-state index in [0.29, 0.717) is 4.88 Å². The highest BCUT2D eigenvalue weighted by Crippen LogP contribution is 2.34. The zero-order valence-electron chi connectivity index (χ0n) is 10.9. The molecule has 4 heteroatoms. The highest BCUT2D eigenvalue weighted by molar-refractivity contribution is 7.17. The fourth-order valence-corrected chi connectivity index (χ4v) is 3.33. The topological polar surface area (TPSA) is 50.4 Å². The Hall–Kier alpha value is -2.59. The molecule has 0 amide bonds. The maximum Gasteiger partial charge on any atom is 0.345 e. The largest absolute Gasteiger partial charge is 0.477 e. The second kappa shape index (κ2) is 4.46. The minimum Gasteiger partial charge on any atom is -0.477 e. The van der Waals surface area contributed by atoms with Gasteiger partial charge in [0, 0.05) is 15.6 Å². The number of carboxylic acids is 1. The van der Waals surface area contributed by atoms with Crippen molar-refractivity contribution >= 4 is 39.2 Å². The summed E-state index contributed by atoms with van der Waals surface area (Å²) in [6.07, 6.45) is 0. The molecule has 3 nitrogen and oxygen atoms in total. The quantitative estimate of drug-likeness (QED) is 0.565. The average molecular weight is 294 g/mol. The van der Waals surface area contributed by atoms with Crippen molar-refractivity contribution in [2.24, 2.45) is 0 Å². The van der Waals surface area contributed by atoms with E-state index in [0.717, 1.165) is 32.4 Å². The number of furan rings is 1. The lowest BCUT2D eigenvalue weighted by Crippen LogP contribution is -1.89. The van der Waals surface area contributed by atoms with Crippen LogP contribution in [0.3, 0.4) is 0 Å². The van der Waals surface area contributed by atoms with E-state index in [1.54, 1.807) is 6.07 Å². The van der Waals surface area contributed by atoms with Gasteiger partial charge in [0.15, 0.2) is 0 Å². The number of benzene rings is 2.